The van der Waals surface area contributed by atoms with Crippen LogP contribution < -0.4 is 5.32 Å². The van der Waals surface area contributed by atoms with Gasteiger partial charge in [0.25, 0.3) is 16.0 Å². The third-order valence-corrected chi connectivity index (χ3v) is 4.04. The Kier molecular flexibility index (Phi) is 3.31. The maximum atomic E-state index is 13.3. The Morgan fingerprint density at radius 2 is 1.89 bits per heavy atom. The lowest BCUT2D eigenvalue weighted by Crippen LogP contribution is -2.38. The van der Waals surface area contributed by atoms with E-state index in [1.807, 2.05) is 5.32 Å². The first-order valence-electron chi connectivity index (χ1n) is 5.39. The van der Waals surface area contributed by atoms with Crippen molar-refractivity contribution in [1.82, 2.24) is 5.32 Å². The predicted molar refractivity (Wildman–Crippen MR) is 61.2 cm³/mol. The number of carbonyl (C=O) groups excluding carboxylic acids is 1. The molecule has 1 aliphatic rings. The first-order valence-corrected chi connectivity index (χ1v) is 6.80. The Morgan fingerprint density at radius 1 is 1.32 bits per heavy atom. The average Bonchev–Trinajstić information content (AvgIpc) is 2.56. The molecule has 104 valence electrons. The molecule has 0 aliphatic carbocycles. The molecular formula is C11H11F2NO4S. The summed E-state index contributed by atoms with van der Waals surface area (Å²) in [4.78, 5) is 10.6. The van der Waals surface area contributed by atoms with E-state index in [4.69, 9.17) is 0 Å². The highest BCUT2D eigenvalue weighted by Gasteiger charge is 2.55. The molecule has 1 fully saturated rings. The zero-order valence-electron chi connectivity index (χ0n) is 9.89. The smallest absolute Gasteiger partial charge is 0.348 e. The van der Waals surface area contributed by atoms with Crippen molar-refractivity contribution in [3.63, 3.8) is 0 Å². The van der Waals surface area contributed by atoms with E-state index in [-0.39, 0.29) is 4.90 Å². The molecule has 0 aromatic heterocycles. The molecule has 2 rings (SSSR count). The van der Waals surface area contributed by atoms with E-state index < -0.39 is 34.6 Å². The minimum atomic E-state index is -4.33. The number of benzene rings is 1. The van der Waals surface area contributed by atoms with E-state index >= 15 is 0 Å². The van der Waals surface area contributed by atoms with Gasteiger partial charge in [-0.05, 0) is 19.1 Å². The second kappa shape index (κ2) is 4.53. The van der Waals surface area contributed by atoms with Crippen LogP contribution in [0, 0.1) is 6.92 Å². The number of hydrogen-bond acceptors (Lipinski definition) is 4. The van der Waals surface area contributed by atoms with Gasteiger partial charge in [-0.1, -0.05) is 17.7 Å². The Balaban J connectivity index is 2.23. The molecule has 1 aromatic carbocycles. The van der Waals surface area contributed by atoms with Crippen LogP contribution in [0.3, 0.4) is 0 Å². The summed E-state index contributed by atoms with van der Waals surface area (Å²) in [6.45, 7) is 1.21. The van der Waals surface area contributed by atoms with Crippen molar-refractivity contribution >= 4 is 16.0 Å². The molecule has 0 spiro atoms. The van der Waals surface area contributed by atoms with Gasteiger partial charge in [0.2, 0.25) is 0 Å². The zero-order chi connectivity index (χ0) is 14.3. The van der Waals surface area contributed by atoms with Gasteiger partial charge in [0.1, 0.15) is 0 Å². The van der Waals surface area contributed by atoms with Gasteiger partial charge in [-0.3, -0.25) is 8.98 Å². The normalized spacial score (nSPS) is 22.3. The molecule has 1 saturated heterocycles. The molecule has 0 bridgehead atoms. The average molecular weight is 291 g/mol. The van der Waals surface area contributed by atoms with Crippen molar-refractivity contribution in [3.05, 3.63) is 29.8 Å². The zero-order valence-corrected chi connectivity index (χ0v) is 10.7. The Labute approximate surface area is 108 Å². The van der Waals surface area contributed by atoms with Crippen LogP contribution >= 0.6 is 0 Å². The second-order valence-electron chi connectivity index (χ2n) is 4.19. The first kappa shape index (κ1) is 13.9. The van der Waals surface area contributed by atoms with Crippen LogP contribution in [0.1, 0.15) is 5.56 Å². The van der Waals surface area contributed by atoms with Gasteiger partial charge in [-0.25, -0.2) is 0 Å². The lowest BCUT2D eigenvalue weighted by Gasteiger charge is -2.16. The number of alkyl halides is 2. The predicted octanol–water partition coefficient (Wildman–Crippen LogP) is 0.834. The molecule has 1 atom stereocenters. The Hall–Kier alpha value is -1.54. The number of rotatable bonds is 3. The fourth-order valence-corrected chi connectivity index (χ4v) is 2.66. The van der Waals surface area contributed by atoms with Crippen molar-refractivity contribution in [2.45, 2.75) is 23.8 Å². The van der Waals surface area contributed by atoms with Gasteiger partial charge in [-0.2, -0.15) is 17.2 Å². The third kappa shape index (κ3) is 2.59. The molecule has 1 heterocycles. The quantitative estimate of drug-likeness (QED) is 0.837. The van der Waals surface area contributed by atoms with Crippen LogP contribution in [-0.4, -0.2) is 32.9 Å². The largest absolute Gasteiger partial charge is 0.353 e. The number of hydrogen-bond donors (Lipinski definition) is 1. The van der Waals surface area contributed by atoms with Gasteiger partial charge in [-0.15, -0.1) is 0 Å². The van der Waals surface area contributed by atoms with Crippen molar-refractivity contribution in [1.29, 1.82) is 0 Å². The maximum Gasteiger partial charge on any atom is 0.353 e. The van der Waals surface area contributed by atoms with Crippen LogP contribution in [0.25, 0.3) is 0 Å². The van der Waals surface area contributed by atoms with Gasteiger partial charge in [0.05, 0.1) is 11.4 Å². The molecule has 1 aromatic rings. The van der Waals surface area contributed by atoms with Crippen LogP contribution in [0.5, 0.6) is 0 Å². The summed E-state index contributed by atoms with van der Waals surface area (Å²) < 4.78 is 54.7. The van der Waals surface area contributed by atoms with Crippen molar-refractivity contribution in [2.24, 2.45) is 0 Å². The van der Waals surface area contributed by atoms with Gasteiger partial charge < -0.3 is 5.32 Å². The standard InChI is InChI=1S/C11H11F2NO4S/c1-7-2-4-8(5-3-7)19(16,17)18-9-6-14-10(15)11(9,12)13/h2-5,9H,6H2,1H3,(H,14,15). The lowest BCUT2D eigenvalue weighted by molar-refractivity contribution is -0.147. The molecule has 1 unspecified atom stereocenters. The third-order valence-electron chi connectivity index (χ3n) is 2.71. The van der Waals surface area contributed by atoms with E-state index in [1.54, 1.807) is 6.92 Å². The van der Waals surface area contributed by atoms with Crippen molar-refractivity contribution in [2.75, 3.05) is 6.54 Å². The van der Waals surface area contributed by atoms with Crippen LogP contribution in [-0.2, 0) is 19.1 Å². The molecular weight excluding hydrogens is 280 g/mol. The fraction of sp³-hybridized carbons (Fsp3) is 0.364. The molecule has 19 heavy (non-hydrogen) atoms. The molecule has 5 nitrogen and oxygen atoms in total. The van der Waals surface area contributed by atoms with E-state index in [9.17, 15) is 22.0 Å². The Morgan fingerprint density at radius 3 is 2.37 bits per heavy atom. The summed E-state index contributed by atoms with van der Waals surface area (Å²) >= 11 is 0. The number of halogens is 2. The number of carbonyl (C=O) groups is 1. The van der Waals surface area contributed by atoms with Gasteiger partial charge >= 0.3 is 5.92 Å². The maximum absolute atomic E-state index is 13.3. The summed E-state index contributed by atoms with van der Waals surface area (Å²) in [5.74, 6) is -5.38. The molecule has 1 aliphatic heterocycles. The van der Waals surface area contributed by atoms with Crippen LogP contribution in [0.15, 0.2) is 29.2 Å². The van der Waals surface area contributed by atoms with Crippen LogP contribution in [0.4, 0.5) is 8.78 Å². The van der Waals surface area contributed by atoms with E-state index in [0.717, 1.165) is 5.56 Å². The summed E-state index contributed by atoms with van der Waals surface area (Å²) in [7, 11) is -4.33. The first-order chi connectivity index (χ1) is 8.73. The van der Waals surface area contributed by atoms with Gasteiger partial charge in [0.15, 0.2) is 6.10 Å². The summed E-state index contributed by atoms with van der Waals surface area (Å²) in [6.07, 6.45) is -2.02. The molecule has 0 radical (unpaired) electrons. The minimum Gasteiger partial charge on any atom is -0.348 e. The molecule has 0 saturated carbocycles. The van der Waals surface area contributed by atoms with Crippen molar-refractivity contribution in [3.8, 4) is 0 Å². The molecule has 8 heteroatoms. The van der Waals surface area contributed by atoms with Crippen molar-refractivity contribution < 1.29 is 26.2 Å². The summed E-state index contributed by atoms with van der Waals surface area (Å²) in [5, 5.41) is 1.86. The lowest BCUT2D eigenvalue weighted by atomic mass is 10.2. The van der Waals surface area contributed by atoms with E-state index in [0.29, 0.717) is 0 Å². The monoisotopic (exact) mass is 291 g/mol. The van der Waals surface area contributed by atoms with Gasteiger partial charge in [0, 0.05) is 0 Å². The second-order valence-corrected chi connectivity index (χ2v) is 5.76. The van der Waals surface area contributed by atoms with E-state index in [2.05, 4.69) is 4.18 Å². The highest BCUT2D eigenvalue weighted by Crippen LogP contribution is 2.29. The van der Waals surface area contributed by atoms with E-state index in [1.165, 1.54) is 24.3 Å². The summed E-state index contributed by atoms with van der Waals surface area (Å²) in [6, 6.07) is 5.55. The number of nitrogens with one attached hydrogen (secondary N) is 1. The number of aryl methyl sites for hydroxylation is 1. The number of amides is 1. The Bertz CT molecular complexity index is 598. The topological polar surface area (TPSA) is 72.5 Å². The summed E-state index contributed by atoms with van der Waals surface area (Å²) in [5.41, 5.74) is 0.821. The molecule has 1 N–H and O–H groups in total. The minimum absolute atomic E-state index is 0.228. The molecule has 1 amide bonds. The fourth-order valence-electron chi connectivity index (χ4n) is 1.59. The highest BCUT2D eigenvalue weighted by molar-refractivity contribution is 7.86. The highest BCUT2D eigenvalue weighted by atomic mass is 32.2. The SMILES string of the molecule is Cc1ccc(S(=O)(=O)OC2CNC(=O)C2(F)F)cc1. The van der Waals surface area contributed by atoms with Crippen LogP contribution in [0.2, 0.25) is 0 Å².